The van der Waals surface area contributed by atoms with Crippen molar-refractivity contribution in [2.45, 2.75) is 71.1 Å². The Hall–Kier alpha value is -5.66. The smallest absolute Gasteiger partial charge is 0.0725 e. The van der Waals surface area contributed by atoms with Gasteiger partial charge in [-0.05, 0) is 130 Å². The van der Waals surface area contributed by atoms with Crippen LogP contribution in [0.1, 0.15) is 84.4 Å². The summed E-state index contributed by atoms with van der Waals surface area (Å²) < 4.78 is 0. The zero-order chi connectivity index (χ0) is 36.6. The number of anilines is 3. The van der Waals surface area contributed by atoms with Crippen molar-refractivity contribution in [1.82, 2.24) is 0 Å². The van der Waals surface area contributed by atoms with Gasteiger partial charge in [-0.1, -0.05) is 165 Å². The molecule has 0 aromatic heterocycles. The minimum Gasteiger partial charge on any atom is -0.311 e. The molecule has 0 heterocycles. The summed E-state index contributed by atoms with van der Waals surface area (Å²) in [5.41, 5.74) is 20.5. The normalized spacial score (nSPS) is 13.0. The molecule has 0 bridgehead atoms. The molecule has 0 saturated heterocycles. The van der Waals surface area contributed by atoms with Crippen LogP contribution in [0.3, 0.4) is 0 Å². The molecule has 0 N–H and O–H groups in total. The van der Waals surface area contributed by atoms with E-state index in [0.717, 1.165) is 12.1 Å². The van der Waals surface area contributed by atoms with Crippen LogP contribution in [0, 0.1) is 13.8 Å². The van der Waals surface area contributed by atoms with Gasteiger partial charge >= 0.3 is 0 Å². The third-order valence-corrected chi connectivity index (χ3v) is 12.0. The standard InChI is InChI=1S/C53H49N/c1-4-5-6-7-8-9-14-39-22-29-43(30-23-39)54(42-27-19-37(2)20-28-42)44-31-24-40(25-32-44)41-26-34-48-47-33-21-38(3)35-51(47)53(52(48)36-41)49-17-12-10-15-45(49)46-16-11-13-18-50(46)53/h10-13,15-36H,4-9,14H2,1-3H3. The van der Waals surface area contributed by atoms with E-state index in [4.69, 9.17) is 0 Å². The quantitative estimate of drug-likeness (QED) is 0.122. The Bertz CT molecular complexity index is 2390. The topological polar surface area (TPSA) is 3.24 Å². The zero-order valence-corrected chi connectivity index (χ0v) is 31.9. The van der Waals surface area contributed by atoms with E-state index in [9.17, 15) is 0 Å². The van der Waals surface area contributed by atoms with Crippen molar-refractivity contribution in [3.8, 4) is 33.4 Å². The Balaban J connectivity index is 1.08. The molecule has 1 spiro atoms. The van der Waals surface area contributed by atoms with E-state index in [0.29, 0.717) is 0 Å². The van der Waals surface area contributed by atoms with Crippen molar-refractivity contribution in [2.75, 3.05) is 4.90 Å². The van der Waals surface area contributed by atoms with Crippen molar-refractivity contribution < 1.29 is 0 Å². The van der Waals surface area contributed by atoms with Gasteiger partial charge < -0.3 is 4.90 Å². The van der Waals surface area contributed by atoms with Gasteiger partial charge in [-0.3, -0.25) is 0 Å². The first-order valence-electron chi connectivity index (χ1n) is 20.1. The number of hydrogen-bond donors (Lipinski definition) is 0. The third kappa shape index (κ3) is 5.78. The molecule has 266 valence electrons. The predicted octanol–water partition coefficient (Wildman–Crippen LogP) is 14.7. The number of fused-ring (bicyclic) bond motifs is 10. The second kappa shape index (κ2) is 14.3. The van der Waals surface area contributed by atoms with E-state index in [1.807, 2.05) is 0 Å². The van der Waals surface area contributed by atoms with Gasteiger partial charge in [0.25, 0.3) is 0 Å². The molecule has 0 amide bonds. The van der Waals surface area contributed by atoms with Crippen molar-refractivity contribution in [3.05, 3.63) is 197 Å². The highest BCUT2D eigenvalue weighted by Crippen LogP contribution is 2.63. The van der Waals surface area contributed by atoms with Crippen molar-refractivity contribution in [2.24, 2.45) is 0 Å². The fourth-order valence-corrected chi connectivity index (χ4v) is 9.30. The van der Waals surface area contributed by atoms with Crippen LogP contribution in [0.4, 0.5) is 17.1 Å². The molecule has 2 aliphatic rings. The second-order valence-corrected chi connectivity index (χ2v) is 15.6. The van der Waals surface area contributed by atoms with E-state index in [-0.39, 0.29) is 5.41 Å². The molecule has 7 aromatic carbocycles. The molecule has 54 heavy (non-hydrogen) atoms. The van der Waals surface area contributed by atoms with Gasteiger partial charge in [0.2, 0.25) is 0 Å². The Morgan fingerprint density at radius 3 is 1.54 bits per heavy atom. The number of nitrogens with zero attached hydrogens (tertiary/aromatic N) is 1. The van der Waals surface area contributed by atoms with Gasteiger partial charge in [-0.2, -0.15) is 0 Å². The van der Waals surface area contributed by atoms with Crippen LogP contribution in [0.15, 0.2) is 158 Å². The van der Waals surface area contributed by atoms with Crippen LogP contribution in [0.2, 0.25) is 0 Å². The summed E-state index contributed by atoms with van der Waals surface area (Å²) in [5, 5.41) is 0. The van der Waals surface area contributed by atoms with Crippen molar-refractivity contribution in [1.29, 1.82) is 0 Å². The van der Waals surface area contributed by atoms with Crippen LogP contribution in [-0.2, 0) is 11.8 Å². The van der Waals surface area contributed by atoms with E-state index in [1.54, 1.807) is 0 Å². The molecule has 0 radical (unpaired) electrons. The van der Waals surface area contributed by atoms with E-state index in [2.05, 4.69) is 183 Å². The van der Waals surface area contributed by atoms with Crippen molar-refractivity contribution >= 4 is 17.1 Å². The fraction of sp³-hybridized carbons (Fsp3) is 0.208. The lowest BCUT2D eigenvalue weighted by atomic mass is 9.70. The fourth-order valence-electron chi connectivity index (χ4n) is 9.30. The lowest BCUT2D eigenvalue weighted by Crippen LogP contribution is -2.26. The van der Waals surface area contributed by atoms with Crippen LogP contribution < -0.4 is 4.90 Å². The molecule has 7 aromatic rings. The predicted molar refractivity (Wildman–Crippen MR) is 229 cm³/mol. The molecule has 9 rings (SSSR count). The Labute approximate surface area is 322 Å². The third-order valence-electron chi connectivity index (χ3n) is 12.0. The highest BCUT2D eigenvalue weighted by molar-refractivity contribution is 5.96. The van der Waals surface area contributed by atoms with Gasteiger partial charge in [0.05, 0.1) is 5.41 Å². The lowest BCUT2D eigenvalue weighted by Gasteiger charge is -2.31. The lowest BCUT2D eigenvalue weighted by molar-refractivity contribution is 0.607. The first-order chi connectivity index (χ1) is 26.6. The molecule has 0 fully saturated rings. The summed E-state index contributed by atoms with van der Waals surface area (Å²) in [6, 6.07) is 59.7. The van der Waals surface area contributed by atoms with Crippen LogP contribution >= 0.6 is 0 Å². The minimum absolute atomic E-state index is 0.344. The van der Waals surface area contributed by atoms with Gasteiger partial charge in [0, 0.05) is 17.1 Å². The monoisotopic (exact) mass is 699 g/mol. The average molecular weight is 700 g/mol. The summed E-state index contributed by atoms with van der Waals surface area (Å²) >= 11 is 0. The van der Waals surface area contributed by atoms with E-state index >= 15 is 0 Å². The van der Waals surface area contributed by atoms with Crippen molar-refractivity contribution in [3.63, 3.8) is 0 Å². The highest BCUT2D eigenvalue weighted by atomic mass is 15.1. The SMILES string of the molecule is CCCCCCCCc1ccc(N(c2ccc(C)cc2)c2ccc(-c3ccc4c(c3)C3(c5ccccc5-c5ccccc53)c3cc(C)ccc3-4)cc2)cc1. The average Bonchev–Trinajstić information content (AvgIpc) is 3.67. The second-order valence-electron chi connectivity index (χ2n) is 15.6. The number of unbranched alkanes of at least 4 members (excludes halogenated alkanes) is 5. The summed E-state index contributed by atoms with van der Waals surface area (Å²) in [6.07, 6.45) is 9.11. The number of rotatable bonds is 11. The largest absolute Gasteiger partial charge is 0.311 e. The first kappa shape index (κ1) is 34.1. The molecule has 1 heteroatoms. The van der Waals surface area contributed by atoms with E-state index < -0.39 is 0 Å². The molecule has 0 atom stereocenters. The number of hydrogen-bond acceptors (Lipinski definition) is 1. The number of benzene rings is 7. The summed E-state index contributed by atoms with van der Waals surface area (Å²) in [6.45, 7) is 6.66. The maximum Gasteiger partial charge on any atom is 0.0725 e. The molecule has 0 aliphatic heterocycles. The first-order valence-corrected chi connectivity index (χ1v) is 20.1. The summed E-state index contributed by atoms with van der Waals surface area (Å²) in [7, 11) is 0. The zero-order valence-electron chi connectivity index (χ0n) is 31.9. The van der Waals surface area contributed by atoms with Crippen LogP contribution in [-0.4, -0.2) is 0 Å². The maximum absolute atomic E-state index is 2.48. The summed E-state index contributed by atoms with van der Waals surface area (Å²) in [4.78, 5) is 2.39. The van der Waals surface area contributed by atoms with E-state index in [1.165, 1.54) is 122 Å². The molecular weight excluding hydrogens is 651 g/mol. The molecule has 0 saturated carbocycles. The molecule has 1 nitrogen and oxygen atoms in total. The Kier molecular flexibility index (Phi) is 9.03. The highest BCUT2D eigenvalue weighted by Gasteiger charge is 2.51. The minimum atomic E-state index is -0.344. The Morgan fingerprint density at radius 1 is 0.407 bits per heavy atom. The van der Waals surface area contributed by atoms with Crippen LogP contribution in [0.5, 0.6) is 0 Å². The molecular formula is C53H49N. The molecule has 2 aliphatic carbocycles. The maximum atomic E-state index is 2.48. The van der Waals surface area contributed by atoms with Gasteiger partial charge in [0.15, 0.2) is 0 Å². The number of aryl methyl sites for hydroxylation is 3. The Morgan fingerprint density at radius 2 is 0.889 bits per heavy atom. The summed E-state index contributed by atoms with van der Waals surface area (Å²) in [5.74, 6) is 0. The van der Waals surface area contributed by atoms with Gasteiger partial charge in [-0.15, -0.1) is 0 Å². The van der Waals surface area contributed by atoms with Gasteiger partial charge in [-0.25, -0.2) is 0 Å². The van der Waals surface area contributed by atoms with Gasteiger partial charge in [0.1, 0.15) is 0 Å². The van der Waals surface area contributed by atoms with Crippen LogP contribution in [0.25, 0.3) is 33.4 Å². The molecule has 0 unspecified atom stereocenters.